The van der Waals surface area contributed by atoms with Gasteiger partial charge in [0, 0.05) is 37.8 Å². The van der Waals surface area contributed by atoms with Crippen LogP contribution in [0.5, 0.6) is 11.6 Å². The third-order valence-electron chi connectivity index (χ3n) is 5.62. The molecule has 32 heavy (non-hydrogen) atoms. The van der Waals surface area contributed by atoms with Crippen LogP contribution in [0.25, 0.3) is 16.9 Å². The average Bonchev–Trinajstić information content (AvgIpc) is 3.23. The number of carbonyl (C=O) groups is 1. The van der Waals surface area contributed by atoms with Crippen LogP contribution in [0.4, 0.5) is 0 Å². The highest BCUT2D eigenvalue weighted by molar-refractivity contribution is 5.78. The van der Waals surface area contributed by atoms with Crippen molar-refractivity contribution in [1.82, 2.24) is 19.6 Å². The molecule has 7 nitrogen and oxygen atoms in total. The molecule has 2 heterocycles. The van der Waals surface area contributed by atoms with Gasteiger partial charge < -0.3 is 19.3 Å². The van der Waals surface area contributed by atoms with Crippen molar-refractivity contribution >= 4 is 5.91 Å². The van der Waals surface area contributed by atoms with Crippen LogP contribution in [0, 0.1) is 6.92 Å². The van der Waals surface area contributed by atoms with Crippen LogP contribution in [0.3, 0.4) is 0 Å². The first kappa shape index (κ1) is 21.9. The number of nitrogens with zero attached hydrogens (tertiary/aromatic N) is 4. The van der Waals surface area contributed by atoms with Crippen LogP contribution in [0.1, 0.15) is 12.5 Å². The fourth-order valence-corrected chi connectivity index (χ4v) is 3.64. The van der Waals surface area contributed by atoms with Crippen molar-refractivity contribution in [2.45, 2.75) is 13.8 Å². The minimum atomic E-state index is 0.0281. The van der Waals surface area contributed by atoms with Crippen molar-refractivity contribution in [3.63, 3.8) is 0 Å². The van der Waals surface area contributed by atoms with Crippen molar-refractivity contribution < 1.29 is 14.3 Å². The van der Waals surface area contributed by atoms with Gasteiger partial charge in [-0.25, -0.2) is 4.68 Å². The Labute approximate surface area is 189 Å². The van der Waals surface area contributed by atoms with Crippen LogP contribution >= 0.6 is 0 Å². The number of hydrogen-bond acceptors (Lipinski definition) is 5. The number of benzene rings is 2. The molecular formula is C25H30N4O3. The largest absolute Gasteiger partial charge is 0.484 e. The molecule has 0 radical (unpaired) electrons. The molecule has 1 aliphatic rings. The number of aromatic nitrogens is 2. The van der Waals surface area contributed by atoms with E-state index in [2.05, 4.69) is 31.0 Å². The van der Waals surface area contributed by atoms with Gasteiger partial charge >= 0.3 is 0 Å². The van der Waals surface area contributed by atoms with E-state index in [4.69, 9.17) is 14.6 Å². The number of likely N-dealkylation sites (N-methyl/N-ethyl adjacent to an activating group) is 1. The molecule has 7 heteroatoms. The number of aryl methyl sites for hydroxylation is 1. The molecule has 1 aromatic heterocycles. The van der Waals surface area contributed by atoms with E-state index < -0.39 is 0 Å². The Morgan fingerprint density at radius 1 is 0.969 bits per heavy atom. The van der Waals surface area contributed by atoms with Crippen molar-refractivity contribution in [2.75, 3.05) is 46.4 Å². The van der Waals surface area contributed by atoms with Gasteiger partial charge in [0.15, 0.2) is 6.61 Å². The molecule has 1 amide bonds. The molecular weight excluding hydrogens is 404 g/mol. The Balaban J connectivity index is 1.44. The summed E-state index contributed by atoms with van der Waals surface area (Å²) in [5, 5.41) is 4.76. The van der Waals surface area contributed by atoms with Crippen LogP contribution in [-0.2, 0) is 4.79 Å². The van der Waals surface area contributed by atoms with Gasteiger partial charge in [-0.1, -0.05) is 17.7 Å². The molecule has 1 aliphatic heterocycles. The zero-order valence-electron chi connectivity index (χ0n) is 19.0. The summed E-state index contributed by atoms with van der Waals surface area (Å²) in [4.78, 5) is 16.5. The lowest BCUT2D eigenvalue weighted by atomic mass is 10.1. The monoisotopic (exact) mass is 434 g/mol. The summed E-state index contributed by atoms with van der Waals surface area (Å²) < 4.78 is 13.4. The molecule has 0 bridgehead atoms. The predicted octanol–water partition coefficient (Wildman–Crippen LogP) is 3.40. The molecule has 0 N–H and O–H groups in total. The van der Waals surface area contributed by atoms with Crippen LogP contribution in [0.2, 0.25) is 0 Å². The molecule has 0 aliphatic carbocycles. The lowest BCUT2D eigenvalue weighted by molar-refractivity contribution is -0.134. The Hall–Kier alpha value is -3.32. The maximum absolute atomic E-state index is 12.4. The fourth-order valence-electron chi connectivity index (χ4n) is 3.64. The smallest absolute Gasteiger partial charge is 0.260 e. The Kier molecular flexibility index (Phi) is 6.75. The summed E-state index contributed by atoms with van der Waals surface area (Å²) in [7, 11) is 2.07. The molecule has 0 unspecified atom stereocenters. The second-order valence-corrected chi connectivity index (χ2v) is 8.05. The maximum atomic E-state index is 12.4. The van der Waals surface area contributed by atoms with E-state index in [1.54, 1.807) is 0 Å². The first-order valence-electron chi connectivity index (χ1n) is 11.0. The SMILES string of the molecule is CCOc1cc(-c2ccc(OCC(=O)N3CCN(C)CC3)cc2)nn1-c1ccc(C)cc1. The summed E-state index contributed by atoms with van der Waals surface area (Å²) in [5.74, 6) is 1.39. The van der Waals surface area contributed by atoms with E-state index in [1.165, 1.54) is 5.56 Å². The van der Waals surface area contributed by atoms with Gasteiger partial charge in [-0.15, -0.1) is 0 Å². The fraction of sp³-hybridized carbons (Fsp3) is 0.360. The highest BCUT2D eigenvalue weighted by Crippen LogP contribution is 2.28. The van der Waals surface area contributed by atoms with Gasteiger partial charge in [0.05, 0.1) is 18.0 Å². The van der Waals surface area contributed by atoms with E-state index in [0.717, 1.165) is 43.1 Å². The maximum Gasteiger partial charge on any atom is 0.260 e. The zero-order chi connectivity index (χ0) is 22.5. The van der Waals surface area contributed by atoms with Gasteiger partial charge in [-0.2, -0.15) is 5.10 Å². The van der Waals surface area contributed by atoms with E-state index >= 15 is 0 Å². The number of rotatable bonds is 7. The standard InChI is InChI=1S/C25H30N4O3/c1-4-31-25-17-23(26-29(25)21-9-5-19(2)6-10-21)20-7-11-22(12-8-20)32-18-24(30)28-15-13-27(3)14-16-28/h5-12,17H,4,13-16,18H2,1-3H3. The number of amides is 1. The summed E-state index contributed by atoms with van der Waals surface area (Å²) >= 11 is 0. The number of ether oxygens (including phenoxy) is 2. The summed E-state index contributed by atoms with van der Waals surface area (Å²) in [5.41, 5.74) is 3.91. The molecule has 3 aromatic rings. The highest BCUT2D eigenvalue weighted by Gasteiger charge is 2.19. The van der Waals surface area contributed by atoms with Crippen LogP contribution < -0.4 is 9.47 Å². The lowest BCUT2D eigenvalue weighted by Gasteiger charge is -2.32. The molecule has 0 atom stereocenters. The van der Waals surface area contributed by atoms with Crippen molar-refractivity contribution in [1.29, 1.82) is 0 Å². The molecule has 168 valence electrons. The Bertz CT molecular complexity index is 1040. The zero-order valence-corrected chi connectivity index (χ0v) is 19.0. The van der Waals surface area contributed by atoms with E-state index in [-0.39, 0.29) is 12.5 Å². The van der Waals surface area contributed by atoms with Gasteiger partial charge in [-0.05, 0) is 57.3 Å². The first-order valence-corrected chi connectivity index (χ1v) is 11.0. The van der Waals surface area contributed by atoms with Gasteiger partial charge in [0.1, 0.15) is 5.75 Å². The molecule has 4 rings (SSSR count). The first-order chi connectivity index (χ1) is 15.5. The molecule has 0 spiro atoms. The quantitative estimate of drug-likeness (QED) is 0.570. The third-order valence-corrected chi connectivity index (χ3v) is 5.62. The normalized spacial score (nSPS) is 14.4. The van der Waals surface area contributed by atoms with Crippen LogP contribution in [0.15, 0.2) is 54.6 Å². The number of carbonyl (C=O) groups excluding carboxylic acids is 1. The second kappa shape index (κ2) is 9.87. The number of hydrogen-bond donors (Lipinski definition) is 0. The van der Waals surface area contributed by atoms with Crippen molar-refractivity contribution in [2.24, 2.45) is 0 Å². The topological polar surface area (TPSA) is 59.8 Å². The Morgan fingerprint density at radius 2 is 1.66 bits per heavy atom. The average molecular weight is 435 g/mol. The van der Waals surface area contributed by atoms with E-state index in [1.807, 2.05) is 59.0 Å². The number of piperazine rings is 1. The Morgan fingerprint density at radius 3 is 2.31 bits per heavy atom. The highest BCUT2D eigenvalue weighted by atomic mass is 16.5. The minimum Gasteiger partial charge on any atom is -0.484 e. The van der Waals surface area contributed by atoms with Crippen molar-refractivity contribution in [3.05, 3.63) is 60.2 Å². The predicted molar refractivity (Wildman–Crippen MR) is 124 cm³/mol. The van der Waals surface area contributed by atoms with Crippen molar-refractivity contribution in [3.8, 4) is 28.6 Å². The summed E-state index contributed by atoms with van der Waals surface area (Å²) in [6, 6.07) is 17.8. The van der Waals surface area contributed by atoms with Gasteiger partial charge in [0.2, 0.25) is 5.88 Å². The third kappa shape index (κ3) is 5.11. The molecule has 1 saturated heterocycles. The molecule has 1 fully saturated rings. The second-order valence-electron chi connectivity index (χ2n) is 8.05. The lowest BCUT2D eigenvalue weighted by Crippen LogP contribution is -2.48. The van der Waals surface area contributed by atoms with Gasteiger partial charge in [-0.3, -0.25) is 4.79 Å². The molecule has 2 aromatic carbocycles. The minimum absolute atomic E-state index is 0.0281. The summed E-state index contributed by atoms with van der Waals surface area (Å²) in [6.07, 6.45) is 0. The van der Waals surface area contributed by atoms with E-state index in [0.29, 0.717) is 18.2 Å². The summed E-state index contributed by atoms with van der Waals surface area (Å²) in [6.45, 7) is 7.95. The molecule has 0 saturated carbocycles. The van der Waals surface area contributed by atoms with Gasteiger partial charge in [0.25, 0.3) is 5.91 Å². The van der Waals surface area contributed by atoms with Crippen LogP contribution in [-0.4, -0.2) is 71.9 Å². The van der Waals surface area contributed by atoms with E-state index in [9.17, 15) is 4.79 Å².